The Labute approximate surface area is 151 Å². The van der Waals surface area contributed by atoms with Crippen LogP contribution in [0.4, 0.5) is 9.59 Å². The fourth-order valence-electron chi connectivity index (χ4n) is 3.51. The van der Waals surface area contributed by atoms with Crippen LogP contribution in [0.15, 0.2) is 4.52 Å². The molecule has 26 heavy (non-hydrogen) atoms. The molecule has 2 saturated heterocycles. The molecule has 2 aliphatic rings. The van der Waals surface area contributed by atoms with Gasteiger partial charge in [0, 0.05) is 46.6 Å². The summed E-state index contributed by atoms with van der Waals surface area (Å²) in [5.74, 6) is 0.964. The van der Waals surface area contributed by atoms with Crippen LogP contribution in [-0.4, -0.2) is 82.1 Å². The molecule has 0 unspecified atom stereocenters. The lowest BCUT2D eigenvalue weighted by atomic mass is 9.86. The number of nitrogens with one attached hydrogen (secondary N) is 1. The lowest BCUT2D eigenvalue weighted by Crippen LogP contribution is -2.57. The second-order valence-corrected chi connectivity index (χ2v) is 6.66. The SMILES string of the molecule is CCc1nc(CCNC(=O)N2CCC3(CC2)C(=O)N(C)C(=O)N3C)no1. The molecule has 2 aliphatic heterocycles. The molecule has 1 N–H and O–H groups in total. The first-order chi connectivity index (χ1) is 12.4. The van der Waals surface area contributed by atoms with Crippen LogP contribution >= 0.6 is 0 Å². The molecule has 5 amide bonds. The number of imide groups is 1. The predicted molar refractivity (Wildman–Crippen MR) is 90.2 cm³/mol. The van der Waals surface area contributed by atoms with Crippen molar-refractivity contribution in [2.45, 2.75) is 38.1 Å². The number of likely N-dealkylation sites (N-methyl/N-ethyl adjacent to an activating group) is 2. The van der Waals surface area contributed by atoms with Crippen molar-refractivity contribution < 1.29 is 18.9 Å². The van der Waals surface area contributed by atoms with Crippen LogP contribution in [0.25, 0.3) is 0 Å². The second kappa shape index (κ2) is 6.93. The molecule has 0 radical (unpaired) electrons. The van der Waals surface area contributed by atoms with Crippen LogP contribution in [0.5, 0.6) is 0 Å². The quantitative estimate of drug-likeness (QED) is 0.766. The summed E-state index contributed by atoms with van der Waals surface area (Å²) < 4.78 is 5.03. The van der Waals surface area contributed by atoms with Crippen molar-refractivity contribution in [3.63, 3.8) is 0 Å². The molecule has 1 spiro atoms. The van der Waals surface area contributed by atoms with Gasteiger partial charge in [0.15, 0.2) is 5.82 Å². The van der Waals surface area contributed by atoms with E-state index < -0.39 is 5.54 Å². The van der Waals surface area contributed by atoms with E-state index in [1.807, 2.05) is 6.92 Å². The summed E-state index contributed by atoms with van der Waals surface area (Å²) in [5, 5.41) is 6.68. The van der Waals surface area contributed by atoms with Crippen molar-refractivity contribution in [2.75, 3.05) is 33.7 Å². The molecule has 0 atom stereocenters. The smallest absolute Gasteiger partial charge is 0.327 e. The van der Waals surface area contributed by atoms with Crippen molar-refractivity contribution in [1.82, 2.24) is 30.2 Å². The molecule has 0 saturated carbocycles. The minimum Gasteiger partial charge on any atom is -0.339 e. The van der Waals surface area contributed by atoms with Gasteiger partial charge in [-0.15, -0.1) is 0 Å². The summed E-state index contributed by atoms with van der Waals surface area (Å²) in [7, 11) is 3.14. The summed E-state index contributed by atoms with van der Waals surface area (Å²) in [6.45, 7) is 3.18. The number of hydrogen-bond acceptors (Lipinski definition) is 6. The predicted octanol–water partition coefficient (Wildman–Crippen LogP) is 0.243. The maximum atomic E-state index is 12.5. The van der Waals surface area contributed by atoms with Crippen molar-refractivity contribution in [2.24, 2.45) is 0 Å². The molecule has 0 bridgehead atoms. The van der Waals surface area contributed by atoms with Crippen LogP contribution in [0, 0.1) is 0 Å². The Morgan fingerprint density at radius 1 is 1.27 bits per heavy atom. The zero-order valence-electron chi connectivity index (χ0n) is 15.3. The van der Waals surface area contributed by atoms with Gasteiger partial charge in [-0.1, -0.05) is 12.1 Å². The first kappa shape index (κ1) is 18.2. The zero-order chi connectivity index (χ0) is 18.9. The van der Waals surface area contributed by atoms with E-state index in [-0.39, 0.29) is 18.0 Å². The number of urea groups is 2. The van der Waals surface area contributed by atoms with Crippen LogP contribution in [0.3, 0.4) is 0 Å². The number of carbonyl (C=O) groups excluding carboxylic acids is 3. The van der Waals surface area contributed by atoms with E-state index in [2.05, 4.69) is 15.5 Å². The average Bonchev–Trinajstić information content (AvgIpc) is 3.18. The first-order valence-corrected chi connectivity index (χ1v) is 8.79. The Balaban J connectivity index is 1.49. The summed E-state index contributed by atoms with van der Waals surface area (Å²) >= 11 is 0. The molecule has 1 aromatic heterocycles. The highest BCUT2D eigenvalue weighted by Crippen LogP contribution is 2.35. The summed E-state index contributed by atoms with van der Waals surface area (Å²) in [6, 6.07) is -0.480. The number of nitrogens with zero attached hydrogens (tertiary/aromatic N) is 5. The van der Waals surface area contributed by atoms with E-state index in [1.165, 1.54) is 11.9 Å². The molecule has 3 heterocycles. The maximum absolute atomic E-state index is 12.5. The number of hydrogen-bond donors (Lipinski definition) is 1. The Morgan fingerprint density at radius 3 is 2.50 bits per heavy atom. The third-order valence-electron chi connectivity index (χ3n) is 5.23. The van der Waals surface area contributed by atoms with E-state index in [1.54, 1.807) is 11.9 Å². The molecule has 3 rings (SSSR count). The lowest BCUT2D eigenvalue weighted by molar-refractivity contribution is -0.134. The molecule has 2 fully saturated rings. The van der Waals surface area contributed by atoms with Gasteiger partial charge in [0.05, 0.1) is 0 Å². The van der Waals surface area contributed by atoms with E-state index in [4.69, 9.17) is 4.52 Å². The van der Waals surface area contributed by atoms with Crippen LogP contribution in [0.2, 0.25) is 0 Å². The van der Waals surface area contributed by atoms with E-state index in [0.717, 1.165) is 4.90 Å². The zero-order valence-corrected chi connectivity index (χ0v) is 15.3. The van der Waals surface area contributed by atoms with Crippen LogP contribution in [-0.2, 0) is 17.6 Å². The van der Waals surface area contributed by atoms with Crippen LogP contribution in [0.1, 0.15) is 31.5 Å². The number of amides is 5. The number of likely N-dealkylation sites (tertiary alicyclic amines) is 1. The van der Waals surface area contributed by atoms with Gasteiger partial charge in [-0.25, -0.2) is 9.59 Å². The maximum Gasteiger partial charge on any atom is 0.327 e. The minimum absolute atomic E-state index is 0.186. The van der Waals surface area contributed by atoms with Crippen molar-refractivity contribution in [1.29, 1.82) is 0 Å². The van der Waals surface area contributed by atoms with Gasteiger partial charge in [0.2, 0.25) is 5.89 Å². The molecule has 0 aromatic carbocycles. The van der Waals surface area contributed by atoms with E-state index in [9.17, 15) is 14.4 Å². The Kier molecular flexibility index (Phi) is 4.84. The highest BCUT2D eigenvalue weighted by atomic mass is 16.5. The van der Waals surface area contributed by atoms with Gasteiger partial charge in [0.25, 0.3) is 5.91 Å². The molecule has 142 valence electrons. The van der Waals surface area contributed by atoms with Gasteiger partial charge in [0.1, 0.15) is 5.54 Å². The summed E-state index contributed by atoms with van der Waals surface area (Å²) in [6.07, 6.45) is 2.06. The van der Waals surface area contributed by atoms with Crippen LogP contribution < -0.4 is 5.32 Å². The fraction of sp³-hybridized carbons (Fsp3) is 0.688. The van der Waals surface area contributed by atoms with Gasteiger partial charge in [-0.3, -0.25) is 9.69 Å². The Hall–Kier alpha value is -2.65. The molecular weight excluding hydrogens is 340 g/mol. The normalized spacial score (nSPS) is 19.6. The number of piperidine rings is 1. The molecular formula is C16H24N6O4. The van der Waals surface area contributed by atoms with Gasteiger partial charge >= 0.3 is 12.1 Å². The van der Waals surface area contributed by atoms with Gasteiger partial charge < -0.3 is 19.6 Å². The first-order valence-electron chi connectivity index (χ1n) is 8.79. The number of aromatic nitrogens is 2. The number of aryl methyl sites for hydroxylation is 1. The van der Waals surface area contributed by atoms with Crippen molar-refractivity contribution in [3.8, 4) is 0 Å². The summed E-state index contributed by atoms with van der Waals surface area (Å²) in [5.41, 5.74) is -0.816. The van der Waals surface area contributed by atoms with Gasteiger partial charge in [-0.05, 0) is 12.8 Å². The Bertz CT molecular complexity index is 709. The standard InChI is InChI=1S/C16H24N6O4/c1-4-12-18-11(19-26-12)5-8-17-14(24)22-9-6-16(7-10-22)13(23)20(2)15(25)21(16)3/h4-10H2,1-3H3,(H,17,24). The molecule has 1 aromatic rings. The largest absolute Gasteiger partial charge is 0.339 e. The van der Waals surface area contributed by atoms with Gasteiger partial charge in [-0.2, -0.15) is 4.98 Å². The fourth-order valence-corrected chi connectivity index (χ4v) is 3.51. The highest BCUT2D eigenvalue weighted by Gasteiger charge is 2.55. The average molecular weight is 364 g/mol. The lowest BCUT2D eigenvalue weighted by Gasteiger charge is -2.40. The monoisotopic (exact) mass is 364 g/mol. The third-order valence-corrected chi connectivity index (χ3v) is 5.23. The number of carbonyl (C=O) groups is 3. The highest BCUT2D eigenvalue weighted by molar-refractivity contribution is 6.06. The van der Waals surface area contributed by atoms with E-state index >= 15 is 0 Å². The second-order valence-electron chi connectivity index (χ2n) is 6.66. The van der Waals surface area contributed by atoms with Crippen molar-refractivity contribution >= 4 is 18.0 Å². The molecule has 10 nitrogen and oxygen atoms in total. The molecule has 10 heteroatoms. The minimum atomic E-state index is -0.816. The Morgan fingerprint density at radius 2 is 1.96 bits per heavy atom. The topological polar surface area (TPSA) is 112 Å². The van der Waals surface area contributed by atoms with E-state index in [0.29, 0.717) is 57.0 Å². The molecule has 0 aliphatic carbocycles. The summed E-state index contributed by atoms with van der Waals surface area (Å²) in [4.78, 5) is 45.3. The van der Waals surface area contributed by atoms with Crippen molar-refractivity contribution in [3.05, 3.63) is 11.7 Å². The number of rotatable bonds is 4. The third kappa shape index (κ3) is 2.99.